The van der Waals surface area contributed by atoms with Crippen LogP contribution in [-0.2, 0) is 17.8 Å². The van der Waals surface area contributed by atoms with Gasteiger partial charge in [-0.15, -0.1) is 0 Å². The van der Waals surface area contributed by atoms with E-state index in [1.54, 1.807) is 4.68 Å². The van der Waals surface area contributed by atoms with Crippen LogP contribution in [0.25, 0.3) is 0 Å². The molecule has 0 fully saturated rings. The quantitative estimate of drug-likeness (QED) is 0.778. The molecule has 1 aromatic heterocycles. The summed E-state index contributed by atoms with van der Waals surface area (Å²) in [7, 11) is 0. The Hall–Kier alpha value is -1.08. The van der Waals surface area contributed by atoms with E-state index in [2.05, 4.69) is 15.2 Å². The van der Waals surface area contributed by atoms with Crippen LogP contribution in [0.3, 0.4) is 0 Å². The van der Waals surface area contributed by atoms with Crippen LogP contribution in [0.2, 0.25) is 0 Å². The van der Waals surface area contributed by atoms with Crippen molar-refractivity contribution < 1.29 is 17.9 Å². The number of halogens is 3. The number of hydrogen-bond donors (Lipinski definition) is 1. The maximum Gasteiger partial charge on any atom is 0.411 e. The summed E-state index contributed by atoms with van der Waals surface area (Å²) in [5.74, 6) is 0. The second kappa shape index (κ2) is 6.91. The van der Waals surface area contributed by atoms with Crippen molar-refractivity contribution in [1.82, 2.24) is 15.1 Å². The first-order chi connectivity index (χ1) is 8.85. The summed E-state index contributed by atoms with van der Waals surface area (Å²) >= 11 is 0. The Balaban J connectivity index is 2.50. The van der Waals surface area contributed by atoms with Crippen molar-refractivity contribution in [3.63, 3.8) is 0 Å². The molecule has 0 radical (unpaired) electrons. The van der Waals surface area contributed by atoms with E-state index in [9.17, 15) is 13.2 Å². The van der Waals surface area contributed by atoms with Crippen molar-refractivity contribution >= 4 is 0 Å². The number of aromatic nitrogens is 2. The predicted molar refractivity (Wildman–Crippen MR) is 66.0 cm³/mol. The minimum Gasteiger partial charge on any atom is -0.370 e. The maximum absolute atomic E-state index is 11.9. The molecular weight excluding hydrogens is 259 g/mol. The molecule has 0 bridgehead atoms. The van der Waals surface area contributed by atoms with Crippen LogP contribution in [0.4, 0.5) is 13.2 Å². The van der Waals surface area contributed by atoms with Gasteiger partial charge in [0.05, 0.1) is 18.8 Å². The zero-order valence-electron chi connectivity index (χ0n) is 11.5. The normalized spacial score (nSPS) is 12.1. The Kier molecular flexibility index (Phi) is 5.81. The molecule has 0 aliphatic heterocycles. The largest absolute Gasteiger partial charge is 0.411 e. The number of alkyl halides is 3. The molecular formula is C12H20F3N3O. The molecule has 0 aliphatic carbocycles. The van der Waals surface area contributed by atoms with Gasteiger partial charge in [-0.25, -0.2) is 0 Å². The van der Waals surface area contributed by atoms with Gasteiger partial charge in [0.15, 0.2) is 0 Å². The van der Waals surface area contributed by atoms with Crippen molar-refractivity contribution in [1.29, 1.82) is 0 Å². The van der Waals surface area contributed by atoms with Gasteiger partial charge in [0.2, 0.25) is 0 Å². The van der Waals surface area contributed by atoms with E-state index in [1.165, 1.54) is 0 Å². The summed E-state index contributed by atoms with van der Waals surface area (Å²) in [6.45, 7) is 6.52. The molecule has 4 nitrogen and oxygen atoms in total. The van der Waals surface area contributed by atoms with Gasteiger partial charge in [-0.2, -0.15) is 18.3 Å². The molecule has 0 saturated carbocycles. The highest BCUT2D eigenvalue weighted by molar-refractivity contribution is 5.24. The molecule has 19 heavy (non-hydrogen) atoms. The van der Waals surface area contributed by atoms with Crippen LogP contribution in [0, 0.1) is 13.8 Å². The third-order valence-corrected chi connectivity index (χ3v) is 2.80. The van der Waals surface area contributed by atoms with Crippen molar-refractivity contribution in [2.75, 3.05) is 19.8 Å². The molecule has 1 rings (SSSR count). The Morgan fingerprint density at radius 2 is 2.00 bits per heavy atom. The van der Waals surface area contributed by atoms with Crippen molar-refractivity contribution in [2.45, 2.75) is 40.0 Å². The lowest BCUT2D eigenvalue weighted by atomic mass is 10.2. The summed E-state index contributed by atoms with van der Waals surface area (Å²) in [6.07, 6.45) is -4.27. The monoisotopic (exact) mass is 279 g/mol. The molecule has 0 amide bonds. The molecule has 0 aliphatic rings. The molecule has 1 N–H and O–H groups in total. The van der Waals surface area contributed by atoms with Crippen LogP contribution in [0.1, 0.15) is 23.9 Å². The first-order valence-electron chi connectivity index (χ1n) is 6.23. The zero-order chi connectivity index (χ0) is 14.5. The van der Waals surface area contributed by atoms with Gasteiger partial charge < -0.3 is 10.1 Å². The zero-order valence-corrected chi connectivity index (χ0v) is 11.5. The number of ether oxygens (including phenoxy) is 1. The summed E-state index contributed by atoms with van der Waals surface area (Å²) in [5.41, 5.74) is 2.96. The second-order valence-electron chi connectivity index (χ2n) is 4.32. The van der Waals surface area contributed by atoms with Crippen molar-refractivity contribution in [3.8, 4) is 0 Å². The van der Waals surface area contributed by atoms with Gasteiger partial charge in [-0.1, -0.05) is 6.92 Å². The molecule has 0 unspecified atom stereocenters. The summed E-state index contributed by atoms with van der Waals surface area (Å²) in [6, 6.07) is 0. The SMILES string of the molecule is CCNCc1c(C)nn(CCOCC(F)(F)F)c1C. The molecule has 7 heteroatoms. The van der Waals surface area contributed by atoms with Gasteiger partial charge in [-0.3, -0.25) is 4.68 Å². The fourth-order valence-corrected chi connectivity index (χ4v) is 1.80. The number of aryl methyl sites for hydroxylation is 1. The number of nitrogens with one attached hydrogen (secondary N) is 1. The Morgan fingerprint density at radius 3 is 2.58 bits per heavy atom. The maximum atomic E-state index is 11.9. The minimum atomic E-state index is -4.27. The Morgan fingerprint density at radius 1 is 1.32 bits per heavy atom. The Labute approximate surface area is 110 Å². The van der Waals surface area contributed by atoms with E-state index < -0.39 is 12.8 Å². The van der Waals surface area contributed by atoms with E-state index >= 15 is 0 Å². The van der Waals surface area contributed by atoms with E-state index in [4.69, 9.17) is 0 Å². The van der Waals surface area contributed by atoms with E-state index in [0.29, 0.717) is 6.54 Å². The van der Waals surface area contributed by atoms with Gasteiger partial charge in [-0.05, 0) is 20.4 Å². The predicted octanol–water partition coefficient (Wildman–Crippen LogP) is 2.19. The second-order valence-corrected chi connectivity index (χ2v) is 4.32. The van der Waals surface area contributed by atoms with Crippen LogP contribution < -0.4 is 5.32 Å². The fourth-order valence-electron chi connectivity index (χ4n) is 1.80. The average molecular weight is 279 g/mol. The third kappa shape index (κ3) is 5.20. The third-order valence-electron chi connectivity index (χ3n) is 2.80. The molecule has 1 aromatic rings. The summed E-state index contributed by atoms with van der Waals surface area (Å²) in [5, 5.41) is 7.53. The molecule has 1 heterocycles. The van der Waals surface area contributed by atoms with Gasteiger partial charge in [0.25, 0.3) is 0 Å². The molecule has 0 atom stereocenters. The lowest BCUT2D eigenvalue weighted by Gasteiger charge is -2.09. The lowest BCUT2D eigenvalue weighted by molar-refractivity contribution is -0.174. The number of hydrogen-bond acceptors (Lipinski definition) is 3. The molecule has 0 spiro atoms. The van der Waals surface area contributed by atoms with E-state index in [0.717, 1.165) is 30.0 Å². The first-order valence-corrected chi connectivity index (χ1v) is 6.23. The first kappa shape index (κ1) is 16.0. The summed E-state index contributed by atoms with van der Waals surface area (Å²) in [4.78, 5) is 0. The standard InChI is InChI=1S/C12H20F3N3O/c1-4-16-7-11-9(2)17-18(10(11)3)5-6-19-8-12(13,14)15/h16H,4-8H2,1-3H3. The van der Waals surface area contributed by atoms with E-state index in [1.807, 2.05) is 20.8 Å². The smallest absolute Gasteiger partial charge is 0.370 e. The van der Waals surface area contributed by atoms with Crippen LogP contribution in [-0.4, -0.2) is 35.7 Å². The Bertz CT molecular complexity index is 402. The molecule has 110 valence electrons. The highest BCUT2D eigenvalue weighted by Gasteiger charge is 2.27. The average Bonchev–Trinajstić information content (AvgIpc) is 2.57. The molecule has 0 saturated heterocycles. The topological polar surface area (TPSA) is 39.1 Å². The van der Waals surface area contributed by atoms with Crippen molar-refractivity contribution in [3.05, 3.63) is 17.0 Å². The van der Waals surface area contributed by atoms with Crippen molar-refractivity contribution in [2.24, 2.45) is 0 Å². The number of rotatable bonds is 7. The van der Waals surface area contributed by atoms with Crippen LogP contribution in [0.15, 0.2) is 0 Å². The fraction of sp³-hybridized carbons (Fsp3) is 0.750. The van der Waals surface area contributed by atoms with Gasteiger partial charge in [0, 0.05) is 17.8 Å². The highest BCUT2D eigenvalue weighted by atomic mass is 19.4. The highest BCUT2D eigenvalue weighted by Crippen LogP contribution is 2.15. The van der Waals surface area contributed by atoms with Gasteiger partial charge in [0.1, 0.15) is 6.61 Å². The molecule has 0 aromatic carbocycles. The lowest BCUT2D eigenvalue weighted by Crippen LogP contribution is -2.19. The van der Waals surface area contributed by atoms with E-state index in [-0.39, 0.29) is 6.61 Å². The van der Waals surface area contributed by atoms with Crippen LogP contribution >= 0.6 is 0 Å². The van der Waals surface area contributed by atoms with Crippen LogP contribution in [0.5, 0.6) is 0 Å². The number of nitrogens with zero attached hydrogens (tertiary/aromatic N) is 2. The minimum absolute atomic E-state index is 0.00210. The summed E-state index contributed by atoms with van der Waals surface area (Å²) < 4.78 is 42.0. The van der Waals surface area contributed by atoms with Gasteiger partial charge >= 0.3 is 6.18 Å².